The van der Waals surface area contributed by atoms with Gasteiger partial charge in [0.15, 0.2) is 0 Å². The molecule has 2 unspecified atom stereocenters. The predicted molar refractivity (Wildman–Crippen MR) is 93.6 cm³/mol. The first-order valence-electron chi connectivity index (χ1n) is 8.79. The van der Waals surface area contributed by atoms with Crippen molar-refractivity contribution >= 4 is 11.9 Å². The Morgan fingerprint density at radius 3 is 2.44 bits per heavy atom. The molecule has 2 aromatic rings. The van der Waals surface area contributed by atoms with Crippen molar-refractivity contribution in [1.29, 1.82) is 0 Å². The largest absolute Gasteiger partial charge is 0.481 e. The molecule has 0 spiro atoms. The fraction of sp³-hybridized carbons (Fsp3) is 0.421. The zero-order valence-electron chi connectivity index (χ0n) is 14.1. The molecular formula is C19H23N3O3. The van der Waals surface area contributed by atoms with Crippen LogP contribution in [0.4, 0.5) is 0 Å². The van der Waals surface area contributed by atoms with Crippen LogP contribution >= 0.6 is 0 Å². The number of carboxylic acid groups (broad SMARTS) is 1. The molecule has 132 valence electrons. The number of nitrogens with one attached hydrogen (secondary N) is 1. The summed E-state index contributed by atoms with van der Waals surface area (Å²) in [6.07, 6.45) is 8.89. The summed E-state index contributed by atoms with van der Waals surface area (Å²) in [5, 5.41) is 16.6. The summed E-state index contributed by atoms with van der Waals surface area (Å²) in [4.78, 5) is 24.1. The van der Waals surface area contributed by atoms with Crippen molar-refractivity contribution in [3.63, 3.8) is 0 Å². The van der Waals surface area contributed by atoms with E-state index >= 15 is 0 Å². The molecule has 1 aromatic carbocycles. The highest BCUT2D eigenvalue weighted by molar-refractivity contribution is 5.94. The van der Waals surface area contributed by atoms with Gasteiger partial charge in [0.1, 0.15) is 0 Å². The number of aliphatic carboxylic acids is 1. The van der Waals surface area contributed by atoms with E-state index in [1.807, 2.05) is 24.4 Å². The number of rotatable bonds is 4. The Labute approximate surface area is 146 Å². The van der Waals surface area contributed by atoms with Gasteiger partial charge in [-0.15, -0.1) is 0 Å². The summed E-state index contributed by atoms with van der Waals surface area (Å²) in [6.45, 7) is 0. The highest BCUT2D eigenvalue weighted by atomic mass is 16.4. The van der Waals surface area contributed by atoms with Gasteiger partial charge in [0, 0.05) is 24.0 Å². The van der Waals surface area contributed by atoms with Crippen molar-refractivity contribution in [2.45, 2.75) is 44.6 Å². The first kappa shape index (κ1) is 17.2. The van der Waals surface area contributed by atoms with Gasteiger partial charge < -0.3 is 10.4 Å². The number of benzene rings is 1. The Balaban J connectivity index is 1.70. The van der Waals surface area contributed by atoms with Crippen molar-refractivity contribution in [3.05, 3.63) is 48.3 Å². The average molecular weight is 341 g/mol. The topological polar surface area (TPSA) is 84.2 Å². The molecule has 1 aliphatic rings. The molecule has 1 aromatic heterocycles. The zero-order valence-corrected chi connectivity index (χ0v) is 14.1. The standard InChI is InChI=1S/C19H23N3O3/c23-18(14-8-10-15(11-9-14)22-13-5-12-20-22)21-17-7-4-2-1-3-6-16(17)19(24)25/h5,8-13,16-17H,1-4,6-7H2,(H,21,23)(H,24,25). The summed E-state index contributed by atoms with van der Waals surface area (Å²) >= 11 is 0. The van der Waals surface area contributed by atoms with Gasteiger partial charge in [-0.1, -0.05) is 25.7 Å². The number of nitrogens with zero attached hydrogens (tertiary/aromatic N) is 2. The van der Waals surface area contributed by atoms with Crippen LogP contribution in [0, 0.1) is 5.92 Å². The fourth-order valence-corrected chi connectivity index (χ4v) is 3.39. The Kier molecular flexibility index (Phi) is 5.48. The van der Waals surface area contributed by atoms with E-state index in [2.05, 4.69) is 10.4 Å². The Morgan fingerprint density at radius 1 is 1.08 bits per heavy atom. The lowest BCUT2D eigenvalue weighted by molar-refractivity contribution is -0.143. The third-order valence-electron chi connectivity index (χ3n) is 4.80. The third kappa shape index (κ3) is 4.26. The molecule has 3 rings (SSSR count). The summed E-state index contributed by atoms with van der Waals surface area (Å²) < 4.78 is 1.72. The smallest absolute Gasteiger partial charge is 0.308 e. The van der Waals surface area contributed by atoms with Gasteiger partial charge in [-0.2, -0.15) is 5.10 Å². The molecule has 1 heterocycles. The van der Waals surface area contributed by atoms with Crippen molar-refractivity contribution in [3.8, 4) is 5.69 Å². The fourth-order valence-electron chi connectivity index (χ4n) is 3.39. The second-order valence-corrected chi connectivity index (χ2v) is 6.51. The average Bonchev–Trinajstić information content (AvgIpc) is 3.11. The molecule has 0 aliphatic heterocycles. The number of carbonyl (C=O) groups excluding carboxylic acids is 1. The van der Waals surface area contributed by atoms with E-state index in [1.165, 1.54) is 0 Å². The Bertz CT molecular complexity index is 710. The van der Waals surface area contributed by atoms with Crippen LogP contribution in [0.1, 0.15) is 48.9 Å². The SMILES string of the molecule is O=C(NC1CCCCCCC1C(=O)O)c1ccc(-n2cccn2)cc1. The minimum atomic E-state index is -0.818. The number of hydrogen-bond donors (Lipinski definition) is 2. The van der Waals surface area contributed by atoms with E-state index in [0.29, 0.717) is 18.4 Å². The molecule has 0 saturated heterocycles. The number of hydrogen-bond acceptors (Lipinski definition) is 3. The second kappa shape index (κ2) is 7.96. The zero-order chi connectivity index (χ0) is 17.6. The van der Waals surface area contributed by atoms with Crippen molar-refractivity contribution in [2.75, 3.05) is 0 Å². The number of amides is 1. The lowest BCUT2D eigenvalue weighted by atomic mass is 9.86. The van der Waals surface area contributed by atoms with E-state index in [-0.39, 0.29) is 11.9 Å². The molecule has 2 N–H and O–H groups in total. The Hall–Kier alpha value is -2.63. The van der Waals surface area contributed by atoms with Crippen LogP contribution in [-0.4, -0.2) is 32.8 Å². The minimum absolute atomic E-state index is 0.219. The van der Waals surface area contributed by atoms with Crippen LogP contribution in [0.3, 0.4) is 0 Å². The van der Waals surface area contributed by atoms with Gasteiger partial charge in [0.25, 0.3) is 5.91 Å². The highest BCUT2D eigenvalue weighted by Crippen LogP contribution is 2.23. The first-order valence-corrected chi connectivity index (χ1v) is 8.79. The van der Waals surface area contributed by atoms with Gasteiger partial charge in [0.2, 0.25) is 0 Å². The summed E-state index contributed by atoms with van der Waals surface area (Å²) in [5.74, 6) is -1.54. The van der Waals surface area contributed by atoms with Gasteiger partial charge in [-0.25, -0.2) is 4.68 Å². The quantitative estimate of drug-likeness (QED) is 0.895. The van der Waals surface area contributed by atoms with Gasteiger partial charge in [-0.05, 0) is 43.2 Å². The van der Waals surface area contributed by atoms with Crippen LogP contribution in [0.15, 0.2) is 42.7 Å². The molecule has 25 heavy (non-hydrogen) atoms. The van der Waals surface area contributed by atoms with E-state index in [1.54, 1.807) is 23.0 Å². The lowest BCUT2D eigenvalue weighted by Gasteiger charge is -2.27. The second-order valence-electron chi connectivity index (χ2n) is 6.51. The maximum Gasteiger partial charge on any atom is 0.308 e. The monoisotopic (exact) mass is 341 g/mol. The van der Waals surface area contributed by atoms with E-state index in [4.69, 9.17) is 0 Å². The van der Waals surface area contributed by atoms with Gasteiger partial charge in [0.05, 0.1) is 11.6 Å². The molecule has 1 aliphatic carbocycles. The minimum Gasteiger partial charge on any atom is -0.481 e. The highest BCUT2D eigenvalue weighted by Gasteiger charge is 2.30. The normalized spacial score (nSPS) is 21.1. The maximum atomic E-state index is 12.6. The first-order chi connectivity index (χ1) is 12.1. The maximum absolute atomic E-state index is 12.6. The van der Waals surface area contributed by atoms with Crippen LogP contribution in [0.2, 0.25) is 0 Å². The third-order valence-corrected chi connectivity index (χ3v) is 4.80. The van der Waals surface area contributed by atoms with Gasteiger partial charge in [-0.3, -0.25) is 9.59 Å². The van der Waals surface area contributed by atoms with E-state index < -0.39 is 11.9 Å². The number of carbonyl (C=O) groups is 2. The molecule has 0 radical (unpaired) electrons. The molecule has 1 saturated carbocycles. The lowest BCUT2D eigenvalue weighted by Crippen LogP contribution is -2.43. The van der Waals surface area contributed by atoms with Gasteiger partial charge >= 0.3 is 5.97 Å². The summed E-state index contributed by atoms with van der Waals surface area (Å²) in [5.41, 5.74) is 1.40. The number of aromatic nitrogens is 2. The summed E-state index contributed by atoms with van der Waals surface area (Å²) in [6, 6.07) is 8.66. The molecule has 6 heteroatoms. The molecular weight excluding hydrogens is 318 g/mol. The van der Waals surface area contributed by atoms with Crippen molar-refractivity contribution in [2.24, 2.45) is 5.92 Å². The molecule has 6 nitrogen and oxygen atoms in total. The number of carboxylic acids is 1. The van der Waals surface area contributed by atoms with E-state index in [0.717, 1.165) is 31.4 Å². The Morgan fingerprint density at radius 2 is 1.80 bits per heavy atom. The van der Waals surface area contributed by atoms with Crippen LogP contribution in [-0.2, 0) is 4.79 Å². The van der Waals surface area contributed by atoms with Crippen LogP contribution in [0.5, 0.6) is 0 Å². The predicted octanol–water partition coefficient (Wildman–Crippen LogP) is 3.03. The van der Waals surface area contributed by atoms with Crippen LogP contribution < -0.4 is 5.32 Å². The molecule has 1 fully saturated rings. The van der Waals surface area contributed by atoms with Crippen LogP contribution in [0.25, 0.3) is 5.69 Å². The molecule has 2 atom stereocenters. The molecule has 1 amide bonds. The van der Waals surface area contributed by atoms with Crippen molar-refractivity contribution in [1.82, 2.24) is 15.1 Å². The summed E-state index contributed by atoms with van der Waals surface area (Å²) in [7, 11) is 0. The molecule has 0 bridgehead atoms. The van der Waals surface area contributed by atoms with E-state index in [9.17, 15) is 14.7 Å². The van der Waals surface area contributed by atoms with Crippen molar-refractivity contribution < 1.29 is 14.7 Å².